The lowest BCUT2D eigenvalue weighted by atomic mass is 9.97. The minimum atomic E-state index is -1.05. The summed E-state index contributed by atoms with van der Waals surface area (Å²) in [4.78, 5) is 11.9. The average Bonchev–Trinajstić information content (AvgIpc) is 3.02. The predicted molar refractivity (Wildman–Crippen MR) is 96.1 cm³/mol. The first-order valence-corrected chi connectivity index (χ1v) is 8.25. The van der Waals surface area contributed by atoms with Gasteiger partial charge in [-0.05, 0) is 31.5 Å². The van der Waals surface area contributed by atoms with Gasteiger partial charge in [-0.2, -0.15) is 0 Å². The highest BCUT2D eigenvalue weighted by Crippen LogP contribution is 2.48. The van der Waals surface area contributed by atoms with E-state index in [1.165, 1.54) is 0 Å². The first-order chi connectivity index (χ1) is 12.1. The molecule has 3 nitrogen and oxygen atoms in total. The Morgan fingerprint density at radius 1 is 0.800 bits per heavy atom. The molecule has 3 aromatic carbocycles. The summed E-state index contributed by atoms with van der Waals surface area (Å²) in [6.07, 6.45) is 0. The van der Waals surface area contributed by atoms with Gasteiger partial charge in [-0.1, -0.05) is 60.7 Å². The van der Waals surface area contributed by atoms with Gasteiger partial charge in [0.2, 0.25) is 0 Å². The summed E-state index contributed by atoms with van der Waals surface area (Å²) in [5.41, 5.74) is 3.34. The van der Waals surface area contributed by atoms with Crippen LogP contribution in [-0.2, 0) is 5.79 Å². The third-order valence-corrected chi connectivity index (χ3v) is 4.49. The number of ether oxygens (including phenoxy) is 2. The zero-order valence-corrected chi connectivity index (χ0v) is 14.2. The normalized spacial score (nSPS) is 14.3. The molecule has 3 aromatic rings. The summed E-state index contributed by atoms with van der Waals surface area (Å²) >= 11 is 0. The Bertz CT molecular complexity index is 891. The van der Waals surface area contributed by atoms with Crippen LogP contribution in [0.5, 0.6) is 11.5 Å². The summed E-state index contributed by atoms with van der Waals surface area (Å²) in [5.74, 6) is 0.201. The van der Waals surface area contributed by atoms with Gasteiger partial charge in [0, 0.05) is 16.7 Å². The van der Waals surface area contributed by atoms with Crippen molar-refractivity contribution in [3.05, 3.63) is 95.1 Å². The summed E-state index contributed by atoms with van der Waals surface area (Å²) in [6, 6.07) is 23.4. The Morgan fingerprint density at radius 2 is 1.28 bits per heavy atom. The van der Waals surface area contributed by atoms with Gasteiger partial charge in [0.05, 0.1) is 0 Å². The van der Waals surface area contributed by atoms with Crippen molar-refractivity contribution in [3.63, 3.8) is 0 Å². The smallest absolute Gasteiger partial charge is 0.305 e. The standard InChI is InChI=1S/C22H18O3/c1-15-13-20-21(14-19(15)16(2)23)25-22(24-20,17-9-5-3-6-10-17)18-11-7-4-8-12-18/h3-14H,1-2H3. The largest absolute Gasteiger partial charge is 0.440 e. The van der Waals surface area contributed by atoms with Crippen LogP contribution in [0.1, 0.15) is 34.0 Å². The van der Waals surface area contributed by atoms with E-state index in [0.29, 0.717) is 17.1 Å². The Kier molecular flexibility index (Phi) is 3.57. The second-order valence-corrected chi connectivity index (χ2v) is 6.22. The lowest BCUT2D eigenvalue weighted by Crippen LogP contribution is -2.36. The summed E-state index contributed by atoms with van der Waals surface area (Å²) in [6.45, 7) is 3.47. The van der Waals surface area contributed by atoms with Crippen LogP contribution < -0.4 is 9.47 Å². The number of carbonyl (C=O) groups excluding carboxylic acids is 1. The fraction of sp³-hybridized carbons (Fsp3) is 0.136. The van der Waals surface area contributed by atoms with Crippen molar-refractivity contribution in [2.45, 2.75) is 19.6 Å². The first-order valence-electron chi connectivity index (χ1n) is 8.25. The second kappa shape index (κ2) is 5.78. The molecule has 0 bridgehead atoms. The van der Waals surface area contributed by atoms with Crippen LogP contribution in [0.15, 0.2) is 72.8 Å². The van der Waals surface area contributed by atoms with E-state index in [9.17, 15) is 4.79 Å². The van der Waals surface area contributed by atoms with Crippen LogP contribution in [0.3, 0.4) is 0 Å². The molecule has 0 N–H and O–H groups in total. The zero-order chi connectivity index (χ0) is 17.4. The van der Waals surface area contributed by atoms with Crippen LogP contribution in [0.2, 0.25) is 0 Å². The maximum atomic E-state index is 11.9. The van der Waals surface area contributed by atoms with Gasteiger partial charge in [-0.15, -0.1) is 0 Å². The molecule has 1 heterocycles. The molecule has 4 rings (SSSR count). The third-order valence-electron chi connectivity index (χ3n) is 4.49. The number of fused-ring (bicyclic) bond motifs is 1. The van der Waals surface area contributed by atoms with Gasteiger partial charge in [-0.3, -0.25) is 4.79 Å². The summed E-state index contributed by atoms with van der Waals surface area (Å²) < 4.78 is 12.7. The Labute approximate surface area is 146 Å². The first kappa shape index (κ1) is 15.5. The molecular formula is C22H18O3. The van der Waals surface area contributed by atoms with Gasteiger partial charge in [-0.25, -0.2) is 0 Å². The van der Waals surface area contributed by atoms with Gasteiger partial charge < -0.3 is 9.47 Å². The van der Waals surface area contributed by atoms with Crippen molar-refractivity contribution in [2.24, 2.45) is 0 Å². The molecule has 1 aliphatic rings. The molecule has 1 aliphatic heterocycles. The fourth-order valence-corrected chi connectivity index (χ4v) is 3.25. The monoisotopic (exact) mass is 330 g/mol. The number of hydrogen-bond donors (Lipinski definition) is 0. The highest BCUT2D eigenvalue weighted by molar-refractivity contribution is 5.96. The average molecular weight is 330 g/mol. The molecule has 25 heavy (non-hydrogen) atoms. The van der Waals surface area contributed by atoms with Gasteiger partial charge in [0.15, 0.2) is 17.3 Å². The van der Waals surface area contributed by atoms with E-state index in [2.05, 4.69) is 0 Å². The molecule has 0 radical (unpaired) electrons. The molecule has 3 heteroatoms. The number of benzene rings is 3. The molecule has 0 fully saturated rings. The molecule has 0 saturated heterocycles. The van der Waals surface area contributed by atoms with Crippen LogP contribution in [0.4, 0.5) is 0 Å². The number of rotatable bonds is 3. The molecule has 0 unspecified atom stereocenters. The summed E-state index contributed by atoms with van der Waals surface area (Å²) in [7, 11) is 0. The number of ketones is 1. The van der Waals surface area contributed by atoms with Crippen LogP contribution in [0.25, 0.3) is 0 Å². The Balaban J connectivity index is 1.89. The van der Waals surface area contributed by atoms with E-state index in [0.717, 1.165) is 16.7 Å². The number of aryl methyl sites for hydroxylation is 1. The van der Waals surface area contributed by atoms with E-state index in [1.807, 2.05) is 73.7 Å². The zero-order valence-electron chi connectivity index (χ0n) is 14.2. The van der Waals surface area contributed by atoms with Crippen LogP contribution in [0, 0.1) is 6.92 Å². The second-order valence-electron chi connectivity index (χ2n) is 6.22. The predicted octanol–water partition coefficient (Wildman–Crippen LogP) is 4.87. The SMILES string of the molecule is CC(=O)c1cc2c(cc1C)OC(c1ccccc1)(c1ccccc1)O2. The van der Waals surface area contributed by atoms with E-state index in [4.69, 9.17) is 9.47 Å². The Hall–Kier alpha value is -3.07. The minimum absolute atomic E-state index is 0.0147. The molecule has 124 valence electrons. The van der Waals surface area contributed by atoms with E-state index in [1.54, 1.807) is 13.0 Å². The molecule has 0 amide bonds. The van der Waals surface area contributed by atoms with Crippen molar-refractivity contribution >= 4 is 5.78 Å². The molecule has 0 aliphatic carbocycles. The summed E-state index contributed by atoms with van der Waals surface area (Å²) in [5, 5.41) is 0. The van der Waals surface area contributed by atoms with Crippen molar-refractivity contribution in [2.75, 3.05) is 0 Å². The van der Waals surface area contributed by atoms with E-state index < -0.39 is 5.79 Å². The van der Waals surface area contributed by atoms with E-state index in [-0.39, 0.29) is 5.78 Å². The number of Topliss-reactive ketones (excluding diaryl/α,β-unsaturated/α-hetero) is 1. The number of carbonyl (C=O) groups is 1. The van der Waals surface area contributed by atoms with Crippen molar-refractivity contribution in [1.82, 2.24) is 0 Å². The molecular weight excluding hydrogens is 312 g/mol. The topological polar surface area (TPSA) is 35.5 Å². The lowest BCUT2D eigenvalue weighted by molar-refractivity contribution is -0.0459. The lowest BCUT2D eigenvalue weighted by Gasteiger charge is -2.28. The quantitative estimate of drug-likeness (QED) is 0.643. The molecule has 0 atom stereocenters. The maximum absolute atomic E-state index is 11.9. The van der Waals surface area contributed by atoms with Gasteiger partial charge in [0.25, 0.3) is 0 Å². The molecule has 0 aromatic heterocycles. The fourth-order valence-electron chi connectivity index (χ4n) is 3.25. The highest BCUT2D eigenvalue weighted by Gasteiger charge is 2.45. The van der Waals surface area contributed by atoms with Crippen LogP contribution >= 0.6 is 0 Å². The minimum Gasteiger partial charge on any atom is -0.440 e. The highest BCUT2D eigenvalue weighted by atomic mass is 16.7. The molecule has 0 spiro atoms. The van der Waals surface area contributed by atoms with Crippen molar-refractivity contribution in [1.29, 1.82) is 0 Å². The third kappa shape index (κ3) is 2.49. The van der Waals surface area contributed by atoms with Crippen LogP contribution in [-0.4, -0.2) is 5.78 Å². The van der Waals surface area contributed by atoms with Crippen molar-refractivity contribution in [3.8, 4) is 11.5 Å². The van der Waals surface area contributed by atoms with Gasteiger partial charge >= 0.3 is 5.79 Å². The number of hydrogen-bond acceptors (Lipinski definition) is 3. The Morgan fingerprint density at radius 3 is 1.76 bits per heavy atom. The van der Waals surface area contributed by atoms with Gasteiger partial charge in [0.1, 0.15) is 0 Å². The maximum Gasteiger partial charge on any atom is 0.305 e. The molecule has 0 saturated carbocycles. The van der Waals surface area contributed by atoms with E-state index >= 15 is 0 Å². The van der Waals surface area contributed by atoms with Crippen molar-refractivity contribution < 1.29 is 14.3 Å².